The van der Waals surface area contributed by atoms with Gasteiger partial charge < -0.3 is 19.9 Å². The summed E-state index contributed by atoms with van der Waals surface area (Å²) in [7, 11) is -3.48. The van der Waals surface area contributed by atoms with Crippen LogP contribution < -0.4 is 10.1 Å². The monoisotopic (exact) mass is 493 g/mol. The summed E-state index contributed by atoms with van der Waals surface area (Å²) in [5, 5.41) is 14.2. The maximum atomic E-state index is 12.2. The highest BCUT2D eigenvalue weighted by Crippen LogP contribution is 2.47. The molecule has 3 atom stereocenters. The minimum absolute atomic E-state index is 0.00671. The van der Waals surface area contributed by atoms with Crippen LogP contribution in [0.25, 0.3) is 0 Å². The first-order valence-corrected chi connectivity index (χ1v) is 14.3. The van der Waals surface area contributed by atoms with Crippen molar-refractivity contribution < 1.29 is 23.0 Å². The first-order chi connectivity index (χ1) is 16.7. The Balaban J connectivity index is 1.33. The molecule has 2 saturated carbocycles. The second kappa shape index (κ2) is 8.24. The van der Waals surface area contributed by atoms with Crippen LogP contribution in [0.1, 0.15) is 66.4 Å². The van der Waals surface area contributed by atoms with Gasteiger partial charge in [0, 0.05) is 18.2 Å². The van der Waals surface area contributed by atoms with E-state index in [-0.39, 0.29) is 12.0 Å². The van der Waals surface area contributed by atoms with Crippen LogP contribution in [-0.4, -0.2) is 43.5 Å². The van der Waals surface area contributed by atoms with Gasteiger partial charge in [-0.15, -0.1) is 5.73 Å². The molecule has 184 valence electrons. The summed E-state index contributed by atoms with van der Waals surface area (Å²) in [6, 6.07) is 12.6. The van der Waals surface area contributed by atoms with Crippen molar-refractivity contribution in [2.45, 2.75) is 67.7 Å². The third kappa shape index (κ3) is 4.43. The smallest absolute Gasteiger partial charge is 0.174 e. The average Bonchev–Trinajstić information content (AvgIpc) is 3.76. The van der Waals surface area contributed by atoms with Crippen molar-refractivity contribution in [2.24, 2.45) is 0 Å². The molecular formula is C28H31NO5S. The number of rotatable bonds is 5. The van der Waals surface area contributed by atoms with Crippen molar-refractivity contribution in [1.29, 1.82) is 0 Å². The number of sulfone groups is 1. The Bertz CT molecular complexity index is 1340. The summed E-state index contributed by atoms with van der Waals surface area (Å²) < 4.78 is 36.7. The Morgan fingerprint density at radius 2 is 2.00 bits per heavy atom. The molecular weight excluding hydrogens is 462 g/mol. The number of hydrogen-bond acceptors (Lipinski definition) is 6. The molecule has 0 unspecified atom stereocenters. The van der Waals surface area contributed by atoms with E-state index in [2.05, 4.69) is 48.0 Å². The lowest BCUT2D eigenvalue weighted by atomic mass is 9.89. The van der Waals surface area contributed by atoms with Gasteiger partial charge in [0.05, 0.1) is 18.3 Å². The van der Waals surface area contributed by atoms with Crippen LogP contribution in [0, 0.1) is 0 Å². The molecule has 0 aromatic heterocycles. The van der Waals surface area contributed by atoms with Gasteiger partial charge >= 0.3 is 0 Å². The van der Waals surface area contributed by atoms with Crippen LogP contribution in [0.15, 0.2) is 54.3 Å². The molecule has 0 amide bonds. The molecule has 0 radical (unpaired) electrons. The van der Waals surface area contributed by atoms with E-state index in [0.29, 0.717) is 11.5 Å². The van der Waals surface area contributed by atoms with Crippen LogP contribution in [-0.2, 0) is 21.0 Å². The number of fused-ring (bicyclic) bond motifs is 1. The molecule has 7 heteroatoms. The van der Waals surface area contributed by atoms with Crippen molar-refractivity contribution in [2.75, 3.05) is 18.1 Å². The summed E-state index contributed by atoms with van der Waals surface area (Å²) >= 11 is 0. The summed E-state index contributed by atoms with van der Waals surface area (Å²) in [6.45, 7) is 4.58. The van der Waals surface area contributed by atoms with Gasteiger partial charge in [-0.3, -0.25) is 0 Å². The van der Waals surface area contributed by atoms with E-state index < -0.39 is 27.5 Å². The van der Waals surface area contributed by atoms with Crippen LogP contribution in [0.5, 0.6) is 5.75 Å². The maximum Gasteiger partial charge on any atom is 0.174 e. The SMILES string of the molecule is C=C=C1[C@H](c2ccc(C3CC3)c(Cc3ccc4c(c3)NCC3(CC3)O4)c2)O[C@H](S(C)(=O)=O)C[C@@H]1O. The molecule has 1 spiro atoms. The quantitative estimate of drug-likeness (QED) is 0.601. The lowest BCUT2D eigenvalue weighted by molar-refractivity contribution is -0.0196. The minimum Gasteiger partial charge on any atom is -0.483 e. The lowest BCUT2D eigenvalue weighted by Gasteiger charge is -2.34. The Kier molecular flexibility index (Phi) is 5.38. The third-order valence-corrected chi connectivity index (χ3v) is 8.95. The number of nitrogens with one attached hydrogen (secondary N) is 1. The van der Waals surface area contributed by atoms with E-state index in [0.717, 1.165) is 49.1 Å². The fourth-order valence-electron chi connectivity index (χ4n) is 5.32. The van der Waals surface area contributed by atoms with E-state index in [1.165, 1.54) is 29.5 Å². The number of hydrogen-bond donors (Lipinski definition) is 2. The van der Waals surface area contributed by atoms with Crippen molar-refractivity contribution in [3.05, 3.63) is 76.5 Å². The van der Waals surface area contributed by atoms with Crippen LogP contribution in [0.4, 0.5) is 5.69 Å². The molecule has 2 aromatic carbocycles. The number of benzene rings is 2. The van der Waals surface area contributed by atoms with E-state index in [1.54, 1.807) is 0 Å². The zero-order chi connectivity index (χ0) is 24.4. The van der Waals surface area contributed by atoms with Gasteiger partial charge in [0.15, 0.2) is 15.3 Å². The van der Waals surface area contributed by atoms with Gasteiger partial charge in [-0.05, 0) is 72.4 Å². The van der Waals surface area contributed by atoms with Crippen molar-refractivity contribution in [1.82, 2.24) is 0 Å². The number of anilines is 1. The van der Waals surface area contributed by atoms with E-state index in [9.17, 15) is 13.5 Å². The molecule has 2 aromatic rings. The highest BCUT2D eigenvalue weighted by Gasteiger charge is 2.47. The normalized spacial score (nSPS) is 26.9. The largest absolute Gasteiger partial charge is 0.483 e. The Labute approximate surface area is 206 Å². The second-order valence-electron chi connectivity index (χ2n) is 10.5. The highest BCUT2D eigenvalue weighted by molar-refractivity contribution is 7.91. The summed E-state index contributed by atoms with van der Waals surface area (Å²) in [4.78, 5) is 0. The van der Waals surface area contributed by atoms with Crippen LogP contribution in [0.3, 0.4) is 0 Å². The minimum atomic E-state index is -3.48. The Hall–Kier alpha value is -2.57. The topological polar surface area (TPSA) is 84.9 Å². The summed E-state index contributed by atoms with van der Waals surface area (Å²) in [6.07, 6.45) is 4.81. The maximum absolute atomic E-state index is 12.2. The molecule has 2 heterocycles. The Morgan fingerprint density at radius 3 is 2.69 bits per heavy atom. The van der Waals surface area contributed by atoms with Crippen LogP contribution >= 0.6 is 0 Å². The molecule has 35 heavy (non-hydrogen) atoms. The predicted molar refractivity (Wildman–Crippen MR) is 134 cm³/mol. The lowest BCUT2D eigenvalue weighted by Crippen LogP contribution is -2.37. The van der Waals surface area contributed by atoms with Crippen LogP contribution in [0.2, 0.25) is 0 Å². The van der Waals surface area contributed by atoms with Gasteiger partial charge in [-0.2, -0.15) is 0 Å². The van der Waals surface area contributed by atoms with Crippen molar-refractivity contribution >= 4 is 15.5 Å². The van der Waals surface area contributed by atoms with Gasteiger partial charge in [-0.1, -0.05) is 30.8 Å². The summed E-state index contributed by atoms with van der Waals surface area (Å²) in [5.74, 6) is 1.48. The van der Waals surface area contributed by atoms with Crippen molar-refractivity contribution in [3.8, 4) is 5.75 Å². The number of ether oxygens (including phenoxy) is 2. The first kappa shape index (κ1) is 22.9. The molecule has 1 saturated heterocycles. The first-order valence-electron chi connectivity index (χ1n) is 12.4. The molecule has 2 N–H and O–H groups in total. The zero-order valence-electron chi connectivity index (χ0n) is 19.9. The van der Waals surface area contributed by atoms with E-state index in [1.807, 2.05) is 6.07 Å². The third-order valence-electron chi connectivity index (χ3n) is 7.69. The van der Waals surface area contributed by atoms with E-state index in [4.69, 9.17) is 9.47 Å². The van der Waals surface area contributed by atoms with Gasteiger partial charge in [0.2, 0.25) is 0 Å². The van der Waals surface area contributed by atoms with E-state index >= 15 is 0 Å². The fraction of sp³-hybridized carbons (Fsp3) is 0.464. The Morgan fingerprint density at radius 1 is 1.20 bits per heavy atom. The molecule has 2 aliphatic heterocycles. The fourth-order valence-corrected chi connectivity index (χ4v) is 6.17. The average molecular weight is 494 g/mol. The van der Waals surface area contributed by atoms with Gasteiger partial charge in [-0.25, -0.2) is 8.42 Å². The highest BCUT2D eigenvalue weighted by atomic mass is 32.2. The molecule has 2 aliphatic carbocycles. The van der Waals surface area contributed by atoms with Gasteiger partial charge in [0.1, 0.15) is 17.5 Å². The molecule has 6 nitrogen and oxygen atoms in total. The van der Waals surface area contributed by atoms with Gasteiger partial charge in [0.25, 0.3) is 0 Å². The second-order valence-corrected chi connectivity index (χ2v) is 12.7. The molecule has 3 fully saturated rings. The number of aliphatic hydroxyl groups excluding tert-OH is 1. The molecule has 6 rings (SSSR count). The molecule has 4 aliphatic rings. The predicted octanol–water partition coefficient (Wildman–Crippen LogP) is 4.40. The standard InChI is InChI=1S/C28H31NO5S/c1-3-21-24(30)15-26(35(2,31)32)33-27(21)19-7-8-22(18-5-6-18)20(14-19)12-17-4-9-25-23(13-17)29-16-28(34-25)10-11-28/h4,7-9,13-14,18,24,26-27,29-30H,1,5-6,10-12,15-16H2,2H3/t24-,26+,27-/m0/s1. The van der Waals surface area contributed by atoms with Crippen molar-refractivity contribution in [3.63, 3.8) is 0 Å². The summed E-state index contributed by atoms with van der Waals surface area (Å²) in [5.41, 5.74) is 7.81. The number of aliphatic hydroxyl groups is 1. The zero-order valence-corrected chi connectivity index (χ0v) is 20.7. The molecule has 0 bridgehead atoms.